The molecule has 5 nitrogen and oxygen atoms in total. The number of hydrogen-bond donors (Lipinski definition) is 2. The smallest absolute Gasteiger partial charge is 0.163 e. The lowest BCUT2D eigenvalue weighted by Crippen LogP contribution is -2.33. The number of benzene rings is 2. The molecule has 0 saturated carbocycles. The quantitative estimate of drug-likeness (QED) is 0.858. The van der Waals surface area contributed by atoms with Crippen LogP contribution in [0.1, 0.15) is 48.7 Å². The Morgan fingerprint density at radius 1 is 1.04 bits per heavy atom. The Kier molecular flexibility index (Phi) is 4.02. The number of hydrogen-bond acceptors (Lipinski definition) is 5. The fourth-order valence-electron chi connectivity index (χ4n) is 4.06. The number of para-hydroxylation sites is 2. The second kappa shape index (κ2) is 6.27. The van der Waals surface area contributed by atoms with E-state index in [0.29, 0.717) is 24.0 Å². The third-order valence-electron chi connectivity index (χ3n) is 5.21. The molecule has 2 aromatic rings. The SMILES string of the molecule is CC1(C)CC(=O)C2=C(C1)Nc1ccccc1N[C@@H]2c1ccccc1C(=O)[O-]. The van der Waals surface area contributed by atoms with Crippen molar-refractivity contribution >= 4 is 23.1 Å². The summed E-state index contributed by atoms with van der Waals surface area (Å²) in [4.78, 5) is 24.8. The lowest BCUT2D eigenvalue weighted by molar-refractivity contribution is -0.255. The third kappa shape index (κ3) is 3.10. The van der Waals surface area contributed by atoms with Crippen molar-refractivity contribution in [2.24, 2.45) is 5.41 Å². The number of carbonyl (C=O) groups excluding carboxylic acids is 2. The zero-order chi connectivity index (χ0) is 19.2. The third-order valence-corrected chi connectivity index (χ3v) is 5.21. The van der Waals surface area contributed by atoms with E-state index in [1.54, 1.807) is 18.2 Å². The second-order valence-electron chi connectivity index (χ2n) is 7.96. The van der Waals surface area contributed by atoms with Gasteiger partial charge in [0.25, 0.3) is 0 Å². The van der Waals surface area contributed by atoms with E-state index in [-0.39, 0.29) is 16.8 Å². The van der Waals surface area contributed by atoms with Crippen LogP contribution in [-0.2, 0) is 4.79 Å². The number of anilines is 2. The van der Waals surface area contributed by atoms with E-state index in [2.05, 4.69) is 24.5 Å². The predicted octanol–water partition coefficient (Wildman–Crippen LogP) is 3.27. The summed E-state index contributed by atoms with van der Waals surface area (Å²) in [6.07, 6.45) is 1.14. The molecule has 0 spiro atoms. The lowest BCUT2D eigenvalue weighted by atomic mass is 9.73. The van der Waals surface area contributed by atoms with Gasteiger partial charge in [0.1, 0.15) is 0 Å². The van der Waals surface area contributed by atoms with E-state index in [1.165, 1.54) is 6.07 Å². The molecule has 0 aromatic heterocycles. The van der Waals surface area contributed by atoms with Crippen LogP contribution in [0, 0.1) is 5.41 Å². The van der Waals surface area contributed by atoms with Crippen LogP contribution in [0.5, 0.6) is 0 Å². The van der Waals surface area contributed by atoms with Crippen molar-refractivity contribution in [3.63, 3.8) is 0 Å². The van der Waals surface area contributed by atoms with Crippen LogP contribution in [-0.4, -0.2) is 11.8 Å². The fourth-order valence-corrected chi connectivity index (χ4v) is 4.06. The highest BCUT2D eigenvalue weighted by molar-refractivity contribution is 6.02. The normalized spacial score (nSPS) is 20.7. The number of Topliss-reactive ketones (excluding diaryl/α,β-unsaturated/α-hetero) is 1. The molecule has 1 heterocycles. The summed E-state index contributed by atoms with van der Waals surface area (Å²) in [6.45, 7) is 4.15. The Morgan fingerprint density at radius 3 is 2.44 bits per heavy atom. The van der Waals surface area contributed by atoms with Gasteiger partial charge in [0.15, 0.2) is 5.78 Å². The summed E-state index contributed by atoms with van der Waals surface area (Å²) in [5.41, 5.74) is 3.65. The first kappa shape index (κ1) is 17.3. The van der Waals surface area contributed by atoms with Gasteiger partial charge >= 0.3 is 0 Å². The van der Waals surface area contributed by atoms with Crippen molar-refractivity contribution in [3.8, 4) is 0 Å². The van der Waals surface area contributed by atoms with Gasteiger partial charge < -0.3 is 20.5 Å². The van der Waals surface area contributed by atoms with Crippen molar-refractivity contribution in [3.05, 3.63) is 70.9 Å². The molecule has 0 bridgehead atoms. The number of aromatic carboxylic acids is 1. The lowest BCUT2D eigenvalue weighted by Gasteiger charge is -2.34. The van der Waals surface area contributed by atoms with Crippen LogP contribution < -0.4 is 15.7 Å². The van der Waals surface area contributed by atoms with Crippen LogP contribution in [0.2, 0.25) is 0 Å². The number of rotatable bonds is 2. The van der Waals surface area contributed by atoms with Gasteiger partial charge in [-0.3, -0.25) is 4.79 Å². The zero-order valence-corrected chi connectivity index (χ0v) is 15.3. The molecule has 4 rings (SSSR count). The van der Waals surface area contributed by atoms with Gasteiger partial charge in [-0.1, -0.05) is 50.2 Å². The number of ketones is 1. The molecule has 0 fully saturated rings. The van der Waals surface area contributed by atoms with Crippen LogP contribution >= 0.6 is 0 Å². The molecule has 2 aromatic carbocycles. The first-order valence-corrected chi connectivity index (χ1v) is 9.05. The Morgan fingerprint density at radius 2 is 1.70 bits per heavy atom. The van der Waals surface area contributed by atoms with E-state index in [4.69, 9.17) is 0 Å². The minimum absolute atomic E-state index is 0.0345. The molecule has 2 aliphatic rings. The molecule has 2 N–H and O–H groups in total. The van der Waals surface area contributed by atoms with Crippen LogP contribution in [0.3, 0.4) is 0 Å². The minimum Gasteiger partial charge on any atom is -0.545 e. The number of fused-ring (bicyclic) bond motifs is 1. The Bertz CT molecular complexity index is 975. The van der Waals surface area contributed by atoms with Crippen LogP contribution in [0.15, 0.2) is 59.8 Å². The standard InChI is InChI=1S/C22H22N2O3/c1-22(2)11-17-19(18(25)12-22)20(13-7-3-4-8-14(13)21(26)27)24-16-10-6-5-9-15(16)23-17/h3-10,20,23-24H,11-12H2,1-2H3,(H,26,27)/p-1/t20-/m1/s1. The van der Waals surface area contributed by atoms with Gasteiger partial charge in [0, 0.05) is 23.3 Å². The van der Waals surface area contributed by atoms with E-state index in [0.717, 1.165) is 17.1 Å². The maximum Gasteiger partial charge on any atom is 0.163 e. The van der Waals surface area contributed by atoms with Gasteiger partial charge in [-0.2, -0.15) is 0 Å². The number of carboxylic acids is 1. The fraction of sp³-hybridized carbons (Fsp3) is 0.273. The summed E-state index contributed by atoms with van der Waals surface area (Å²) in [5.74, 6) is -1.21. The molecule has 27 heavy (non-hydrogen) atoms. The highest BCUT2D eigenvalue weighted by Crippen LogP contribution is 2.45. The summed E-state index contributed by atoms with van der Waals surface area (Å²) >= 11 is 0. The van der Waals surface area contributed by atoms with E-state index in [9.17, 15) is 14.7 Å². The molecule has 0 unspecified atom stereocenters. The maximum atomic E-state index is 13.1. The van der Waals surface area contributed by atoms with E-state index < -0.39 is 12.0 Å². The second-order valence-corrected chi connectivity index (χ2v) is 7.96. The van der Waals surface area contributed by atoms with E-state index in [1.807, 2.05) is 24.3 Å². The number of carbonyl (C=O) groups is 2. The number of carboxylic acid groups (broad SMARTS) is 1. The molecule has 0 radical (unpaired) electrons. The molecule has 5 heteroatoms. The number of allylic oxidation sites excluding steroid dienone is 1. The molecule has 138 valence electrons. The van der Waals surface area contributed by atoms with Gasteiger partial charge in [-0.15, -0.1) is 0 Å². The van der Waals surface area contributed by atoms with Gasteiger partial charge in [0.05, 0.1) is 23.4 Å². The molecule has 1 atom stereocenters. The summed E-state index contributed by atoms with van der Waals surface area (Å²) in [5, 5.41) is 18.5. The van der Waals surface area contributed by atoms with Crippen LogP contribution in [0.25, 0.3) is 0 Å². The van der Waals surface area contributed by atoms with Crippen molar-refractivity contribution in [1.82, 2.24) is 0 Å². The Labute approximate surface area is 158 Å². The maximum absolute atomic E-state index is 13.1. The van der Waals surface area contributed by atoms with E-state index >= 15 is 0 Å². The minimum atomic E-state index is -1.25. The summed E-state index contributed by atoms with van der Waals surface area (Å²) < 4.78 is 0. The van der Waals surface area contributed by atoms with Crippen molar-refractivity contribution in [2.75, 3.05) is 10.6 Å². The summed E-state index contributed by atoms with van der Waals surface area (Å²) in [7, 11) is 0. The average molecular weight is 361 g/mol. The van der Waals surface area contributed by atoms with Crippen LogP contribution in [0.4, 0.5) is 11.4 Å². The number of nitrogens with one attached hydrogen (secondary N) is 2. The highest BCUT2D eigenvalue weighted by Gasteiger charge is 2.39. The molecule has 0 saturated heterocycles. The largest absolute Gasteiger partial charge is 0.545 e. The topological polar surface area (TPSA) is 81.3 Å². The van der Waals surface area contributed by atoms with Gasteiger partial charge in [-0.05, 0) is 29.5 Å². The molecule has 1 aliphatic carbocycles. The molecular formula is C22H21N2O3-. The van der Waals surface area contributed by atoms with Crippen molar-refractivity contribution < 1.29 is 14.7 Å². The summed E-state index contributed by atoms with van der Waals surface area (Å²) in [6, 6.07) is 13.9. The van der Waals surface area contributed by atoms with Crippen molar-refractivity contribution in [1.29, 1.82) is 0 Å². The van der Waals surface area contributed by atoms with Gasteiger partial charge in [-0.25, -0.2) is 0 Å². The first-order valence-electron chi connectivity index (χ1n) is 9.05. The Balaban J connectivity index is 1.94. The molecular weight excluding hydrogens is 340 g/mol. The molecule has 1 aliphatic heterocycles. The highest BCUT2D eigenvalue weighted by atomic mass is 16.4. The monoisotopic (exact) mass is 361 g/mol. The average Bonchev–Trinajstić information content (AvgIpc) is 2.76. The first-order chi connectivity index (χ1) is 12.9. The van der Waals surface area contributed by atoms with Gasteiger partial charge in [0.2, 0.25) is 0 Å². The Hall–Kier alpha value is -3.08. The molecule has 0 amide bonds. The predicted molar refractivity (Wildman–Crippen MR) is 102 cm³/mol. The van der Waals surface area contributed by atoms with Crippen molar-refractivity contribution in [2.45, 2.75) is 32.7 Å². The zero-order valence-electron chi connectivity index (χ0n) is 15.3.